The predicted molar refractivity (Wildman–Crippen MR) is 86.3 cm³/mol. The van der Waals surface area contributed by atoms with Crippen LogP contribution in [0, 0.1) is 0 Å². The zero-order chi connectivity index (χ0) is 19.0. The summed E-state index contributed by atoms with van der Waals surface area (Å²) >= 11 is 5.81. The second kappa shape index (κ2) is 6.54. The second-order valence-electron chi connectivity index (χ2n) is 5.33. The molecule has 136 valence electrons. The van der Waals surface area contributed by atoms with Crippen LogP contribution in [0.25, 0.3) is 0 Å². The smallest absolute Gasteiger partial charge is 0.299 e. The number of carbonyl (C=O) groups excluding carboxylic acids is 1. The van der Waals surface area contributed by atoms with Crippen LogP contribution in [-0.2, 0) is 20.8 Å². The molecule has 2 aromatic rings. The third kappa shape index (κ3) is 3.93. The summed E-state index contributed by atoms with van der Waals surface area (Å²) in [5.74, 6) is -1.03. The summed E-state index contributed by atoms with van der Waals surface area (Å²) < 4.78 is 60.8. The predicted octanol–water partition coefficient (Wildman–Crippen LogP) is 3.40. The van der Waals surface area contributed by atoms with Crippen LogP contribution >= 0.6 is 22.9 Å². The molecule has 6 nitrogen and oxygen atoms in total. The third-order valence-corrected chi connectivity index (χ3v) is 6.79. The van der Waals surface area contributed by atoms with Crippen molar-refractivity contribution in [1.29, 1.82) is 0 Å². The molecule has 1 aromatic heterocycles. The highest BCUT2D eigenvalue weighted by Gasteiger charge is 2.43. The lowest BCUT2D eigenvalue weighted by Gasteiger charge is -2.23. The van der Waals surface area contributed by atoms with Crippen molar-refractivity contribution in [2.75, 3.05) is 5.32 Å². The molecule has 1 N–H and O–H groups in total. The Morgan fingerprint density at radius 1 is 1.16 bits per heavy atom. The molecule has 0 bridgehead atoms. The van der Waals surface area contributed by atoms with Crippen LogP contribution in [0.15, 0.2) is 29.2 Å². The van der Waals surface area contributed by atoms with E-state index < -0.39 is 36.8 Å². The van der Waals surface area contributed by atoms with Crippen LogP contribution in [0.2, 0.25) is 5.02 Å². The van der Waals surface area contributed by atoms with Gasteiger partial charge in [-0.25, -0.2) is 8.42 Å². The van der Waals surface area contributed by atoms with Crippen molar-refractivity contribution >= 4 is 43.8 Å². The van der Waals surface area contributed by atoms with Gasteiger partial charge in [-0.3, -0.25) is 10.1 Å². The van der Waals surface area contributed by atoms with Crippen LogP contribution < -0.4 is 5.32 Å². The quantitative estimate of drug-likeness (QED) is 0.829. The van der Waals surface area contributed by atoms with Gasteiger partial charge < -0.3 is 0 Å². The molecule has 0 aliphatic heterocycles. The molecule has 2 rings (SSSR count). The maximum atomic E-state index is 12.6. The van der Waals surface area contributed by atoms with Gasteiger partial charge in [-0.2, -0.15) is 13.2 Å². The van der Waals surface area contributed by atoms with E-state index in [0.29, 0.717) is 5.02 Å². The van der Waals surface area contributed by atoms with E-state index in [0.717, 1.165) is 13.8 Å². The number of hydrogen-bond acceptors (Lipinski definition) is 6. The highest BCUT2D eigenvalue weighted by Crippen LogP contribution is 2.34. The summed E-state index contributed by atoms with van der Waals surface area (Å²) in [6.45, 7) is 2.27. The van der Waals surface area contributed by atoms with E-state index in [2.05, 4.69) is 15.5 Å². The first kappa shape index (κ1) is 19.6. The van der Waals surface area contributed by atoms with E-state index in [1.54, 1.807) is 0 Å². The Hall–Kier alpha value is -1.72. The molecule has 12 heteroatoms. The number of benzene rings is 1. The molecule has 0 saturated heterocycles. The fourth-order valence-corrected chi connectivity index (χ4v) is 3.78. The summed E-state index contributed by atoms with van der Waals surface area (Å²) in [4.78, 5) is 12.2. The van der Waals surface area contributed by atoms with Crippen molar-refractivity contribution in [3.8, 4) is 0 Å². The minimum Gasteiger partial charge on any atom is -0.299 e. The summed E-state index contributed by atoms with van der Waals surface area (Å²) in [7, 11) is -4.13. The molecule has 0 fully saturated rings. The number of aromatic nitrogens is 2. The van der Waals surface area contributed by atoms with E-state index in [9.17, 15) is 26.4 Å². The van der Waals surface area contributed by atoms with Crippen LogP contribution in [0.4, 0.5) is 18.3 Å². The van der Waals surface area contributed by atoms with Gasteiger partial charge in [-0.05, 0) is 38.1 Å². The molecule has 1 aromatic carbocycles. The average molecular weight is 414 g/mol. The number of nitrogens with one attached hydrogen (secondary N) is 1. The highest BCUT2D eigenvalue weighted by atomic mass is 35.5. The molecule has 0 radical (unpaired) electrons. The minimum absolute atomic E-state index is 0.101. The standard InChI is InChI=1S/C13H11ClF3N3O3S2/c1-12(2,25(22,23)8-5-3-7(14)4-6-8)9(21)18-11-20-19-10(24-11)13(15,16)17/h3-6H,1-2H3,(H,18,20,21). The number of alkyl halides is 3. The van der Waals surface area contributed by atoms with Crippen molar-refractivity contribution < 1.29 is 26.4 Å². The summed E-state index contributed by atoms with van der Waals surface area (Å²) in [5, 5.41) is 6.80. The Morgan fingerprint density at radius 2 is 1.72 bits per heavy atom. The first-order valence-electron chi connectivity index (χ1n) is 6.58. The topological polar surface area (TPSA) is 89.0 Å². The number of sulfone groups is 1. The average Bonchev–Trinajstić information content (AvgIpc) is 2.96. The normalized spacial score (nSPS) is 12.9. The number of nitrogens with zero attached hydrogens (tertiary/aromatic N) is 2. The van der Waals surface area contributed by atoms with Gasteiger partial charge in [-0.1, -0.05) is 22.9 Å². The first-order valence-corrected chi connectivity index (χ1v) is 9.26. The first-order chi connectivity index (χ1) is 11.4. The molecular formula is C13H11ClF3N3O3S2. The van der Waals surface area contributed by atoms with E-state index in [1.165, 1.54) is 24.3 Å². The lowest BCUT2D eigenvalue weighted by atomic mass is 10.2. The molecule has 25 heavy (non-hydrogen) atoms. The lowest BCUT2D eigenvalue weighted by Crippen LogP contribution is -2.44. The summed E-state index contributed by atoms with van der Waals surface area (Å²) in [6, 6.07) is 5.17. The molecule has 1 heterocycles. The van der Waals surface area contributed by atoms with E-state index in [-0.39, 0.29) is 16.2 Å². The highest BCUT2D eigenvalue weighted by molar-refractivity contribution is 7.93. The van der Waals surface area contributed by atoms with Crippen molar-refractivity contribution in [3.63, 3.8) is 0 Å². The molecule has 0 atom stereocenters. The number of hydrogen-bond donors (Lipinski definition) is 1. The Bertz CT molecular complexity index is 893. The van der Waals surface area contributed by atoms with Crippen molar-refractivity contribution in [2.45, 2.75) is 29.7 Å². The van der Waals surface area contributed by atoms with Gasteiger partial charge in [0.15, 0.2) is 9.84 Å². The Balaban J connectivity index is 2.27. The third-order valence-electron chi connectivity index (χ3n) is 3.23. The Morgan fingerprint density at radius 3 is 2.20 bits per heavy atom. The molecule has 0 aliphatic rings. The van der Waals surface area contributed by atoms with E-state index >= 15 is 0 Å². The lowest BCUT2D eigenvalue weighted by molar-refractivity contribution is -0.138. The van der Waals surface area contributed by atoms with Crippen molar-refractivity contribution in [3.05, 3.63) is 34.3 Å². The maximum absolute atomic E-state index is 12.6. The fraction of sp³-hybridized carbons (Fsp3) is 0.308. The van der Waals surface area contributed by atoms with Crippen LogP contribution in [-0.4, -0.2) is 29.3 Å². The monoisotopic (exact) mass is 413 g/mol. The van der Waals surface area contributed by atoms with Gasteiger partial charge >= 0.3 is 6.18 Å². The van der Waals surface area contributed by atoms with Gasteiger partial charge in [0.2, 0.25) is 16.0 Å². The minimum atomic E-state index is -4.70. The number of amides is 1. The second-order valence-corrected chi connectivity index (χ2v) is 9.24. The summed E-state index contributed by atoms with van der Waals surface area (Å²) in [6.07, 6.45) is -4.70. The van der Waals surface area contributed by atoms with Crippen LogP contribution in [0.3, 0.4) is 0 Å². The molecule has 0 saturated carbocycles. The molecule has 0 spiro atoms. The number of carbonyl (C=O) groups is 1. The van der Waals surface area contributed by atoms with E-state index in [4.69, 9.17) is 11.6 Å². The van der Waals surface area contributed by atoms with Gasteiger partial charge in [0.25, 0.3) is 0 Å². The maximum Gasteiger partial charge on any atom is 0.445 e. The van der Waals surface area contributed by atoms with Gasteiger partial charge in [0.05, 0.1) is 4.90 Å². The SMILES string of the molecule is CC(C)(C(=O)Nc1nnc(C(F)(F)F)s1)S(=O)(=O)c1ccc(Cl)cc1. The Kier molecular flexibility index (Phi) is 5.13. The molecular weight excluding hydrogens is 403 g/mol. The van der Waals surface area contributed by atoms with Crippen molar-refractivity contribution in [1.82, 2.24) is 10.2 Å². The number of anilines is 1. The zero-order valence-electron chi connectivity index (χ0n) is 12.8. The van der Waals surface area contributed by atoms with Crippen molar-refractivity contribution in [2.24, 2.45) is 0 Å². The summed E-state index contributed by atoms with van der Waals surface area (Å²) in [5.41, 5.74) is 0. The van der Waals surface area contributed by atoms with Gasteiger partial charge in [0, 0.05) is 5.02 Å². The van der Waals surface area contributed by atoms with Crippen LogP contribution in [0.1, 0.15) is 18.9 Å². The largest absolute Gasteiger partial charge is 0.445 e. The molecule has 1 amide bonds. The van der Waals surface area contributed by atoms with Crippen LogP contribution in [0.5, 0.6) is 0 Å². The number of rotatable bonds is 4. The zero-order valence-corrected chi connectivity index (χ0v) is 15.1. The molecule has 0 unspecified atom stereocenters. The fourth-order valence-electron chi connectivity index (χ4n) is 1.67. The van der Waals surface area contributed by atoms with E-state index in [1.807, 2.05) is 0 Å². The molecule has 0 aliphatic carbocycles. The van der Waals surface area contributed by atoms with Gasteiger partial charge in [0.1, 0.15) is 4.75 Å². The van der Waals surface area contributed by atoms with Gasteiger partial charge in [-0.15, -0.1) is 10.2 Å². The Labute approximate surface area is 149 Å². The number of halogens is 4.